The van der Waals surface area contributed by atoms with Crippen LogP contribution in [0.4, 0.5) is 0 Å². The molecule has 0 unspecified atom stereocenters. The third kappa shape index (κ3) is 2.63. The number of benzene rings is 1. The molecule has 2 rings (SSSR count). The van der Waals surface area contributed by atoms with E-state index in [4.69, 9.17) is 4.74 Å². The summed E-state index contributed by atoms with van der Waals surface area (Å²) in [7, 11) is 0. The molecule has 1 aliphatic heterocycles. The minimum Gasteiger partial charge on any atom is -0.487 e. The number of rotatable bonds is 1. The topological polar surface area (TPSA) is 26.3 Å². The van der Waals surface area contributed by atoms with Crippen molar-refractivity contribution in [1.29, 1.82) is 0 Å². The summed E-state index contributed by atoms with van der Waals surface area (Å²) in [5.41, 5.74) is 1.66. The highest BCUT2D eigenvalue weighted by molar-refractivity contribution is 5.80. The van der Waals surface area contributed by atoms with Crippen LogP contribution in [0, 0.1) is 0 Å². The lowest BCUT2D eigenvalue weighted by atomic mass is 9.93. The van der Waals surface area contributed by atoms with Crippen LogP contribution in [0.1, 0.15) is 50.0 Å². The van der Waals surface area contributed by atoms with Gasteiger partial charge in [0.2, 0.25) is 0 Å². The third-order valence-electron chi connectivity index (χ3n) is 2.63. The number of fused-ring (bicyclic) bond motifs is 1. The van der Waals surface area contributed by atoms with Crippen LogP contribution in [0.25, 0.3) is 0 Å². The molecule has 0 bridgehead atoms. The smallest absolute Gasteiger partial charge is 0.153 e. The second kappa shape index (κ2) is 5.15. The van der Waals surface area contributed by atoms with Crippen LogP contribution in [0.3, 0.4) is 0 Å². The van der Waals surface area contributed by atoms with E-state index in [1.54, 1.807) is 6.07 Å². The molecule has 0 spiro atoms. The Hall–Kier alpha value is -1.31. The molecule has 0 aromatic heterocycles. The Labute approximate surface area is 97.6 Å². The molecule has 0 atom stereocenters. The van der Waals surface area contributed by atoms with E-state index in [0.29, 0.717) is 5.56 Å². The molecular weight excluding hydrogens is 200 g/mol. The quantitative estimate of drug-likeness (QED) is 0.675. The fraction of sp³-hybridized carbons (Fsp3) is 0.500. The van der Waals surface area contributed by atoms with E-state index in [1.807, 2.05) is 26.0 Å². The molecule has 0 amide bonds. The number of carbonyl (C=O) groups excluding carboxylic acids is 1. The zero-order valence-corrected chi connectivity index (χ0v) is 10.5. The van der Waals surface area contributed by atoms with Gasteiger partial charge in [0.1, 0.15) is 11.4 Å². The molecule has 0 saturated carbocycles. The molecule has 0 saturated heterocycles. The lowest BCUT2D eigenvalue weighted by molar-refractivity contribution is 0.0825. The fourth-order valence-electron chi connectivity index (χ4n) is 1.78. The number of ether oxygens (including phenoxy) is 1. The Morgan fingerprint density at radius 1 is 1.31 bits per heavy atom. The van der Waals surface area contributed by atoms with Gasteiger partial charge in [-0.25, -0.2) is 0 Å². The molecule has 1 heterocycles. The number of hydrogen-bond acceptors (Lipinski definition) is 2. The summed E-state index contributed by atoms with van der Waals surface area (Å²) < 4.78 is 5.81. The first-order valence-corrected chi connectivity index (χ1v) is 5.88. The summed E-state index contributed by atoms with van der Waals surface area (Å²) in [6.07, 6.45) is 2.85. The van der Waals surface area contributed by atoms with Crippen LogP contribution >= 0.6 is 0 Å². The standard InChI is InChI=1S/C12H14O2.C2H6/c1-12(2)7-6-9-4-3-5-10(8-13)11(9)14-12;1-2/h3-5,8H,6-7H2,1-2H3;1-2H3. The Bertz CT molecular complexity index is 367. The first-order chi connectivity index (χ1) is 7.62. The summed E-state index contributed by atoms with van der Waals surface area (Å²) in [6, 6.07) is 5.73. The number of carbonyl (C=O) groups is 1. The van der Waals surface area contributed by atoms with Crippen molar-refractivity contribution >= 4 is 6.29 Å². The summed E-state index contributed by atoms with van der Waals surface area (Å²) in [6.45, 7) is 8.11. The number of hydrogen-bond donors (Lipinski definition) is 0. The highest BCUT2D eigenvalue weighted by Gasteiger charge is 2.27. The zero-order valence-electron chi connectivity index (χ0n) is 10.5. The Balaban J connectivity index is 0.000000606. The molecule has 2 nitrogen and oxygen atoms in total. The monoisotopic (exact) mass is 220 g/mol. The first kappa shape index (κ1) is 12.8. The van der Waals surface area contributed by atoms with Crippen LogP contribution in [0.5, 0.6) is 5.75 Å². The van der Waals surface area contributed by atoms with Gasteiger partial charge in [0, 0.05) is 0 Å². The normalized spacial score (nSPS) is 16.2. The van der Waals surface area contributed by atoms with Crippen molar-refractivity contribution in [3.8, 4) is 5.75 Å². The summed E-state index contributed by atoms with van der Waals surface area (Å²) >= 11 is 0. The molecule has 16 heavy (non-hydrogen) atoms. The van der Waals surface area contributed by atoms with Gasteiger partial charge in [-0.2, -0.15) is 0 Å². The molecule has 0 radical (unpaired) electrons. The largest absolute Gasteiger partial charge is 0.487 e. The SMILES string of the molecule is CC.CC1(C)CCc2cccc(C=O)c2O1. The summed E-state index contributed by atoms with van der Waals surface area (Å²) in [4.78, 5) is 10.8. The van der Waals surface area contributed by atoms with Crippen molar-refractivity contribution in [2.24, 2.45) is 0 Å². The number of aryl methyl sites for hydroxylation is 1. The molecule has 1 aromatic carbocycles. The van der Waals surface area contributed by atoms with Crippen molar-refractivity contribution in [3.05, 3.63) is 29.3 Å². The first-order valence-electron chi connectivity index (χ1n) is 5.88. The van der Waals surface area contributed by atoms with E-state index in [1.165, 1.54) is 0 Å². The number of para-hydroxylation sites is 1. The van der Waals surface area contributed by atoms with Crippen molar-refractivity contribution in [2.75, 3.05) is 0 Å². The van der Waals surface area contributed by atoms with Gasteiger partial charge in [0.05, 0.1) is 5.56 Å². The van der Waals surface area contributed by atoms with Crippen molar-refractivity contribution in [2.45, 2.75) is 46.1 Å². The Morgan fingerprint density at radius 2 is 2.00 bits per heavy atom. The molecular formula is C14H20O2. The minimum absolute atomic E-state index is 0.147. The van der Waals surface area contributed by atoms with E-state index >= 15 is 0 Å². The van der Waals surface area contributed by atoms with Crippen LogP contribution in [-0.2, 0) is 6.42 Å². The molecule has 0 aliphatic carbocycles. The van der Waals surface area contributed by atoms with Crippen molar-refractivity contribution in [3.63, 3.8) is 0 Å². The maximum absolute atomic E-state index is 10.8. The van der Waals surface area contributed by atoms with Gasteiger partial charge < -0.3 is 4.74 Å². The fourth-order valence-corrected chi connectivity index (χ4v) is 1.78. The van der Waals surface area contributed by atoms with E-state index in [9.17, 15) is 4.79 Å². The maximum atomic E-state index is 10.8. The van der Waals surface area contributed by atoms with Crippen LogP contribution in [0.15, 0.2) is 18.2 Å². The average Bonchev–Trinajstić information content (AvgIpc) is 2.30. The summed E-state index contributed by atoms with van der Waals surface area (Å²) in [5, 5.41) is 0. The lowest BCUT2D eigenvalue weighted by Gasteiger charge is -2.33. The Morgan fingerprint density at radius 3 is 2.62 bits per heavy atom. The van der Waals surface area contributed by atoms with Gasteiger partial charge in [-0.3, -0.25) is 4.79 Å². The maximum Gasteiger partial charge on any atom is 0.153 e. The molecule has 1 aliphatic rings. The van der Waals surface area contributed by atoms with Crippen LogP contribution in [-0.4, -0.2) is 11.9 Å². The summed E-state index contributed by atoms with van der Waals surface area (Å²) in [5.74, 6) is 0.777. The molecule has 1 aromatic rings. The van der Waals surface area contributed by atoms with Gasteiger partial charge in [-0.15, -0.1) is 0 Å². The second-order valence-corrected chi connectivity index (χ2v) is 4.32. The van der Waals surface area contributed by atoms with Crippen molar-refractivity contribution in [1.82, 2.24) is 0 Å². The van der Waals surface area contributed by atoms with Gasteiger partial charge >= 0.3 is 0 Å². The highest BCUT2D eigenvalue weighted by Crippen LogP contribution is 2.34. The third-order valence-corrected chi connectivity index (χ3v) is 2.63. The molecule has 0 N–H and O–H groups in total. The van der Waals surface area contributed by atoms with E-state index in [2.05, 4.69) is 13.8 Å². The predicted octanol–water partition coefficient (Wildman–Crippen LogP) is 3.63. The second-order valence-electron chi connectivity index (χ2n) is 4.32. The van der Waals surface area contributed by atoms with Crippen molar-refractivity contribution < 1.29 is 9.53 Å². The van der Waals surface area contributed by atoms with Crippen LogP contribution in [0.2, 0.25) is 0 Å². The molecule has 2 heteroatoms. The molecule has 0 fully saturated rings. The van der Waals surface area contributed by atoms with Crippen LogP contribution < -0.4 is 4.74 Å². The van der Waals surface area contributed by atoms with E-state index in [-0.39, 0.29) is 5.60 Å². The van der Waals surface area contributed by atoms with Gasteiger partial charge in [0.25, 0.3) is 0 Å². The number of aldehydes is 1. The highest BCUT2D eigenvalue weighted by atomic mass is 16.5. The predicted molar refractivity (Wildman–Crippen MR) is 66.2 cm³/mol. The lowest BCUT2D eigenvalue weighted by Crippen LogP contribution is -2.33. The molecule has 88 valence electrons. The Kier molecular flexibility index (Phi) is 4.11. The van der Waals surface area contributed by atoms with E-state index in [0.717, 1.165) is 30.4 Å². The van der Waals surface area contributed by atoms with Gasteiger partial charge in [0.15, 0.2) is 6.29 Å². The van der Waals surface area contributed by atoms with E-state index < -0.39 is 0 Å². The zero-order chi connectivity index (χ0) is 12.2. The minimum atomic E-state index is -0.147. The van der Waals surface area contributed by atoms with Gasteiger partial charge in [-0.05, 0) is 38.3 Å². The van der Waals surface area contributed by atoms with Gasteiger partial charge in [-0.1, -0.05) is 26.0 Å². The average molecular weight is 220 g/mol.